The summed E-state index contributed by atoms with van der Waals surface area (Å²) in [5.41, 5.74) is 1.66. The van der Waals surface area contributed by atoms with Gasteiger partial charge in [-0.2, -0.15) is 14.4 Å². The highest BCUT2D eigenvalue weighted by Gasteiger charge is 2.29. The molecule has 0 amide bonds. The first kappa shape index (κ1) is 19.7. The highest BCUT2D eigenvalue weighted by molar-refractivity contribution is 7.89. The van der Waals surface area contributed by atoms with E-state index in [2.05, 4.69) is 20.3 Å². The minimum atomic E-state index is -3.69. The van der Waals surface area contributed by atoms with Gasteiger partial charge in [0.15, 0.2) is 5.82 Å². The van der Waals surface area contributed by atoms with E-state index < -0.39 is 10.0 Å². The smallest absolute Gasteiger partial charge is 0.244 e. The second-order valence-corrected chi connectivity index (χ2v) is 9.76. The highest BCUT2D eigenvalue weighted by atomic mass is 32.2. The van der Waals surface area contributed by atoms with Gasteiger partial charge in [0.1, 0.15) is 5.69 Å². The van der Waals surface area contributed by atoms with Gasteiger partial charge in [0.05, 0.1) is 16.3 Å². The molecule has 3 rings (SSSR count). The third-order valence-corrected chi connectivity index (χ3v) is 7.36. The molecule has 3 heterocycles. The zero-order chi connectivity index (χ0) is 19.8. The molecule has 0 bridgehead atoms. The van der Waals surface area contributed by atoms with E-state index in [0.29, 0.717) is 18.3 Å². The van der Waals surface area contributed by atoms with E-state index in [1.165, 1.54) is 15.6 Å². The number of sulfonamides is 1. The lowest BCUT2D eigenvalue weighted by Gasteiger charge is -2.18. The fourth-order valence-corrected chi connectivity index (χ4v) is 5.53. The van der Waals surface area contributed by atoms with Crippen molar-refractivity contribution in [3.05, 3.63) is 34.4 Å². The van der Waals surface area contributed by atoms with Crippen LogP contribution in [0.25, 0.3) is 10.6 Å². The lowest BCUT2D eigenvalue weighted by molar-refractivity contribution is 0.319. The van der Waals surface area contributed by atoms with Crippen LogP contribution in [0.4, 0.5) is 0 Å². The van der Waals surface area contributed by atoms with Crippen LogP contribution in [0.15, 0.2) is 21.6 Å². The van der Waals surface area contributed by atoms with E-state index in [-0.39, 0.29) is 17.4 Å². The van der Waals surface area contributed by atoms with Crippen LogP contribution in [-0.4, -0.2) is 39.6 Å². The summed E-state index contributed by atoms with van der Waals surface area (Å²) < 4.78 is 33.0. The summed E-state index contributed by atoms with van der Waals surface area (Å²) in [5.74, 6) is 0.981. The van der Waals surface area contributed by atoms with Crippen LogP contribution in [0.2, 0.25) is 0 Å². The minimum absolute atomic E-state index is 0.0463. The van der Waals surface area contributed by atoms with Gasteiger partial charge in [0.2, 0.25) is 15.9 Å². The maximum absolute atomic E-state index is 13.2. The van der Waals surface area contributed by atoms with Crippen LogP contribution in [0.5, 0.6) is 0 Å². The molecule has 0 unspecified atom stereocenters. The summed E-state index contributed by atoms with van der Waals surface area (Å²) in [5, 5.41) is 11.0. The van der Waals surface area contributed by atoms with Gasteiger partial charge in [0, 0.05) is 23.0 Å². The fourth-order valence-electron chi connectivity index (χ4n) is 2.62. The van der Waals surface area contributed by atoms with Crippen molar-refractivity contribution in [2.75, 3.05) is 6.54 Å². The van der Waals surface area contributed by atoms with E-state index in [9.17, 15) is 8.42 Å². The fraction of sp³-hybridized carbons (Fsp3) is 0.471. The van der Waals surface area contributed by atoms with Gasteiger partial charge >= 0.3 is 0 Å². The number of nitrogens with one attached hydrogen (secondary N) is 1. The molecule has 27 heavy (non-hydrogen) atoms. The van der Waals surface area contributed by atoms with Crippen LogP contribution in [-0.2, 0) is 16.6 Å². The maximum Gasteiger partial charge on any atom is 0.244 e. The van der Waals surface area contributed by atoms with E-state index in [1.54, 1.807) is 19.9 Å². The first-order chi connectivity index (χ1) is 12.7. The Hall–Kier alpha value is -2.04. The Morgan fingerprint density at radius 3 is 2.59 bits per heavy atom. The molecular weight excluding hydrogens is 386 g/mol. The summed E-state index contributed by atoms with van der Waals surface area (Å²) in [6, 6.07) is 3.58. The Bertz CT molecular complexity index is 1030. The number of hydrogen-bond donors (Lipinski definition) is 1. The minimum Gasteiger partial charge on any atom is -0.338 e. The number of aromatic nitrogens is 4. The van der Waals surface area contributed by atoms with Gasteiger partial charge in [-0.25, -0.2) is 8.42 Å². The van der Waals surface area contributed by atoms with Gasteiger partial charge in [0.25, 0.3) is 0 Å². The zero-order valence-corrected chi connectivity index (χ0v) is 17.6. The van der Waals surface area contributed by atoms with Gasteiger partial charge in [-0.1, -0.05) is 25.9 Å². The molecular formula is C17H23N5O3S2. The van der Waals surface area contributed by atoms with Gasteiger partial charge < -0.3 is 4.52 Å². The quantitative estimate of drug-likeness (QED) is 0.640. The molecule has 146 valence electrons. The Labute approximate surface area is 162 Å². The SMILES string of the molecule is CCN(Cc1nc(C(C)C)no1)S(=O)(=O)c1cc(-c2cc(C)[nH]n2)sc1C. The zero-order valence-electron chi connectivity index (χ0n) is 16.0. The average Bonchev–Trinajstić information content (AvgIpc) is 3.31. The lowest BCUT2D eigenvalue weighted by atomic mass is 10.2. The topological polar surface area (TPSA) is 105 Å². The third-order valence-electron chi connectivity index (χ3n) is 4.11. The first-order valence-electron chi connectivity index (χ1n) is 8.67. The Morgan fingerprint density at radius 2 is 2.04 bits per heavy atom. The monoisotopic (exact) mass is 409 g/mol. The number of nitrogens with zero attached hydrogens (tertiary/aromatic N) is 4. The average molecular weight is 410 g/mol. The van der Waals surface area contributed by atoms with Crippen LogP contribution in [0.3, 0.4) is 0 Å². The summed E-state index contributed by atoms with van der Waals surface area (Å²) in [6.45, 7) is 9.75. The molecule has 0 radical (unpaired) electrons. The van der Waals surface area contributed by atoms with Crippen molar-refractivity contribution in [3.8, 4) is 10.6 Å². The predicted octanol–water partition coefficient (Wildman–Crippen LogP) is 3.47. The van der Waals surface area contributed by atoms with Crippen molar-refractivity contribution in [3.63, 3.8) is 0 Å². The van der Waals surface area contributed by atoms with Crippen LogP contribution in [0, 0.1) is 13.8 Å². The highest BCUT2D eigenvalue weighted by Crippen LogP contribution is 2.34. The van der Waals surface area contributed by atoms with E-state index >= 15 is 0 Å². The largest absolute Gasteiger partial charge is 0.338 e. The summed E-state index contributed by atoms with van der Waals surface area (Å²) in [6.07, 6.45) is 0. The molecule has 3 aromatic heterocycles. The second-order valence-electron chi connectivity index (χ2n) is 6.60. The molecule has 1 N–H and O–H groups in total. The maximum atomic E-state index is 13.2. The van der Waals surface area contributed by atoms with Gasteiger partial charge in [-0.15, -0.1) is 11.3 Å². The van der Waals surface area contributed by atoms with Crippen molar-refractivity contribution >= 4 is 21.4 Å². The molecule has 10 heteroatoms. The van der Waals surface area contributed by atoms with Crippen molar-refractivity contribution in [1.29, 1.82) is 0 Å². The van der Waals surface area contributed by atoms with Crippen molar-refractivity contribution in [2.24, 2.45) is 0 Å². The molecule has 0 saturated heterocycles. The van der Waals surface area contributed by atoms with Gasteiger partial charge in [-0.3, -0.25) is 5.10 Å². The molecule has 0 aliphatic heterocycles. The number of thiophene rings is 1. The molecule has 0 spiro atoms. The lowest BCUT2D eigenvalue weighted by Crippen LogP contribution is -2.30. The first-order valence-corrected chi connectivity index (χ1v) is 10.9. The van der Waals surface area contributed by atoms with Crippen molar-refractivity contribution in [1.82, 2.24) is 24.6 Å². The standard InChI is InChI=1S/C17H23N5O3S2/c1-6-22(9-16-18-17(10(2)3)21-25-16)27(23,24)15-8-14(26-12(15)5)13-7-11(4)19-20-13/h7-8,10H,6,9H2,1-5H3,(H,19,20). The van der Waals surface area contributed by atoms with Crippen molar-refractivity contribution in [2.45, 2.75) is 52.0 Å². The molecule has 3 aromatic rings. The molecule has 0 aromatic carbocycles. The molecule has 0 fully saturated rings. The molecule has 0 saturated carbocycles. The van der Waals surface area contributed by atoms with E-state index in [4.69, 9.17) is 4.52 Å². The molecule has 8 nitrogen and oxygen atoms in total. The summed E-state index contributed by atoms with van der Waals surface area (Å²) in [7, 11) is -3.69. The van der Waals surface area contributed by atoms with Crippen LogP contribution >= 0.6 is 11.3 Å². The van der Waals surface area contributed by atoms with E-state index in [0.717, 1.165) is 21.1 Å². The normalized spacial score (nSPS) is 12.4. The van der Waals surface area contributed by atoms with E-state index in [1.807, 2.05) is 26.8 Å². The Kier molecular flexibility index (Phi) is 5.50. The summed E-state index contributed by atoms with van der Waals surface area (Å²) >= 11 is 1.41. The third kappa shape index (κ3) is 3.97. The Balaban J connectivity index is 1.90. The molecule has 0 aliphatic carbocycles. The molecule has 0 atom stereocenters. The predicted molar refractivity (Wildman–Crippen MR) is 103 cm³/mol. The van der Waals surface area contributed by atoms with Crippen molar-refractivity contribution < 1.29 is 12.9 Å². The number of rotatable bonds is 7. The molecule has 0 aliphatic rings. The summed E-state index contributed by atoms with van der Waals surface area (Å²) in [4.78, 5) is 6.10. The number of hydrogen-bond acceptors (Lipinski definition) is 7. The Morgan fingerprint density at radius 1 is 1.30 bits per heavy atom. The van der Waals surface area contributed by atoms with Gasteiger partial charge in [-0.05, 0) is 26.0 Å². The second kappa shape index (κ2) is 7.53. The number of aromatic amines is 1. The number of aryl methyl sites for hydroxylation is 2. The van der Waals surface area contributed by atoms with Crippen LogP contribution < -0.4 is 0 Å². The number of H-pyrrole nitrogens is 1. The van der Waals surface area contributed by atoms with Crippen LogP contribution in [0.1, 0.15) is 49.0 Å².